The second-order valence-corrected chi connectivity index (χ2v) is 7.38. The van der Waals surface area contributed by atoms with Crippen LogP contribution in [-0.2, 0) is 24.6 Å². The normalized spacial score (nSPS) is 18.6. The number of fused-ring (bicyclic) bond motifs is 1. The Bertz CT molecular complexity index is 1130. The number of aromatic nitrogens is 1. The summed E-state index contributed by atoms with van der Waals surface area (Å²) in [5.41, 5.74) is 1.16. The number of nitrogens with one attached hydrogen (secondary N) is 1. The van der Waals surface area contributed by atoms with Gasteiger partial charge < -0.3 is 9.88 Å². The largest absolute Gasteiger partial charge is 0.416 e. The van der Waals surface area contributed by atoms with Gasteiger partial charge in [0, 0.05) is 25.1 Å². The fourth-order valence-corrected chi connectivity index (χ4v) is 3.70. The van der Waals surface area contributed by atoms with Gasteiger partial charge in [0.05, 0.1) is 11.1 Å². The predicted octanol–water partition coefficient (Wildman–Crippen LogP) is 3.98. The number of hydrogen-bond acceptors (Lipinski definition) is 2. The summed E-state index contributed by atoms with van der Waals surface area (Å²) in [6, 6.07) is 14.2. The Hall–Kier alpha value is -3.09. The van der Waals surface area contributed by atoms with Crippen LogP contribution in [0.3, 0.4) is 0 Å². The Balaban J connectivity index is 1.42. The van der Waals surface area contributed by atoms with Crippen molar-refractivity contribution in [3.8, 4) is 0 Å². The summed E-state index contributed by atoms with van der Waals surface area (Å²) in [5, 5.41) is 3.71. The number of para-hydroxylation sites is 1. The summed E-state index contributed by atoms with van der Waals surface area (Å²) in [4.78, 5) is 24.9. The molecule has 4 rings (SSSR count). The van der Waals surface area contributed by atoms with Crippen LogP contribution in [0.1, 0.15) is 29.0 Å². The second kappa shape index (κ2) is 7.06. The van der Waals surface area contributed by atoms with E-state index in [1.165, 1.54) is 12.1 Å². The molecule has 0 aliphatic heterocycles. The van der Waals surface area contributed by atoms with Crippen LogP contribution in [0, 0.1) is 5.92 Å². The maximum Gasteiger partial charge on any atom is 0.416 e. The summed E-state index contributed by atoms with van der Waals surface area (Å²) in [6.45, 7) is 0.118. The average Bonchev–Trinajstić information content (AvgIpc) is 3.50. The molecule has 2 aromatic carbocycles. The van der Waals surface area contributed by atoms with Gasteiger partial charge in [-0.05, 0) is 47.6 Å². The van der Waals surface area contributed by atoms with Gasteiger partial charge in [-0.25, -0.2) is 0 Å². The zero-order chi connectivity index (χ0) is 20.8. The van der Waals surface area contributed by atoms with Crippen molar-refractivity contribution < 1.29 is 18.0 Å². The third-order valence-electron chi connectivity index (χ3n) is 5.45. The molecule has 0 bridgehead atoms. The summed E-state index contributed by atoms with van der Waals surface area (Å²) in [7, 11) is 1.69. The van der Waals surface area contributed by atoms with Gasteiger partial charge in [-0.2, -0.15) is 13.2 Å². The molecule has 1 N–H and O–H groups in total. The molecule has 1 heterocycles. The summed E-state index contributed by atoms with van der Waals surface area (Å²) in [6.07, 6.45) is -3.78. The molecular weight excluding hydrogens is 381 g/mol. The molecule has 1 saturated carbocycles. The Morgan fingerprint density at radius 3 is 2.52 bits per heavy atom. The van der Waals surface area contributed by atoms with Gasteiger partial charge in [0.1, 0.15) is 0 Å². The molecule has 1 amide bonds. The first-order chi connectivity index (χ1) is 13.8. The lowest BCUT2D eigenvalue weighted by atomic mass is 10.1. The Morgan fingerprint density at radius 2 is 1.83 bits per heavy atom. The van der Waals surface area contributed by atoms with E-state index in [2.05, 4.69) is 5.32 Å². The molecule has 1 aromatic heterocycles. The highest BCUT2D eigenvalue weighted by molar-refractivity contribution is 5.83. The third-order valence-corrected chi connectivity index (χ3v) is 5.45. The van der Waals surface area contributed by atoms with Crippen LogP contribution in [0.5, 0.6) is 0 Å². The van der Waals surface area contributed by atoms with Crippen molar-refractivity contribution in [2.45, 2.75) is 25.1 Å². The minimum Gasteiger partial charge on any atom is -0.352 e. The van der Waals surface area contributed by atoms with Gasteiger partial charge in [0.15, 0.2) is 0 Å². The number of carbonyl (C=O) groups is 1. The molecule has 0 radical (unpaired) electrons. The van der Waals surface area contributed by atoms with Gasteiger partial charge in [0.2, 0.25) is 5.91 Å². The lowest BCUT2D eigenvalue weighted by Gasteiger charge is -2.10. The van der Waals surface area contributed by atoms with E-state index in [0.717, 1.165) is 28.6 Å². The molecule has 3 aromatic rings. The molecular formula is C22H19F3N2O2. The van der Waals surface area contributed by atoms with E-state index in [-0.39, 0.29) is 29.8 Å². The fourth-order valence-electron chi connectivity index (χ4n) is 3.70. The fraction of sp³-hybridized carbons (Fsp3) is 0.273. The molecule has 7 heteroatoms. The lowest BCUT2D eigenvalue weighted by molar-refractivity contribution is -0.137. The van der Waals surface area contributed by atoms with Crippen molar-refractivity contribution in [2.75, 3.05) is 0 Å². The quantitative estimate of drug-likeness (QED) is 0.720. The number of benzene rings is 2. The second-order valence-electron chi connectivity index (χ2n) is 7.38. The molecule has 4 nitrogen and oxygen atoms in total. The number of alkyl halides is 3. The zero-order valence-electron chi connectivity index (χ0n) is 15.7. The summed E-state index contributed by atoms with van der Waals surface area (Å²) in [5.74, 6) is -0.558. The number of amides is 1. The van der Waals surface area contributed by atoms with E-state index in [1.807, 2.05) is 24.3 Å². The molecule has 1 fully saturated rings. The van der Waals surface area contributed by atoms with E-state index >= 15 is 0 Å². The van der Waals surface area contributed by atoms with Crippen molar-refractivity contribution in [1.29, 1.82) is 0 Å². The van der Waals surface area contributed by atoms with Crippen LogP contribution < -0.4 is 10.9 Å². The number of carbonyl (C=O) groups excluding carboxylic acids is 1. The van der Waals surface area contributed by atoms with Crippen LogP contribution >= 0.6 is 0 Å². The molecule has 29 heavy (non-hydrogen) atoms. The first-order valence-electron chi connectivity index (χ1n) is 9.28. The molecule has 1 aliphatic carbocycles. The molecule has 2 atom stereocenters. The monoisotopic (exact) mass is 400 g/mol. The van der Waals surface area contributed by atoms with Crippen molar-refractivity contribution in [2.24, 2.45) is 13.0 Å². The van der Waals surface area contributed by atoms with E-state index in [0.29, 0.717) is 12.0 Å². The highest BCUT2D eigenvalue weighted by atomic mass is 19.4. The third kappa shape index (κ3) is 3.77. The van der Waals surface area contributed by atoms with E-state index < -0.39 is 11.7 Å². The van der Waals surface area contributed by atoms with E-state index in [4.69, 9.17) is 0 Å². The maximum absolute atomic E-state index is 12.7. The highest BCUT2D eigenvalue weighted by Crippen LogP contribution is 2.48. The first-order valence-corrected chi connectivity index (χ1v) is 9.28. The first kappa shape index (κ1) is 19.2. The van der Waals surface area contributed by atoms with E-state index in [1.54, 1.807) is 17.7 Å². The van der Waals surface area contributed by atoms with Crippen LogP contribution in [0.15, 0.2) is 59.4 Å². The SMILES string of the molecule is Cn1c(=O)c(CNC(=O)C2CC2c2ccc(C(F)(F)F)cc2)cc2ccccc21. The molecule has 150 valence electrons. The van der Waals surface area contributed by atoms with Crippen molar-refractivity contribution in [3.05, 3.63) is 81.6 Å². The smallest absolute Gasteiger partial charge is 0.352 e. The van der Waals surface area contributed by atoms with Crippen LogP contribution in [-0.4, -0.2) is 10.5 Å². The van der Waals surface area contributed by atoms with Crippen LogP contribution in [0.2, 0.25) is 0 Å². The molecule has 0 spiro atoms. The minimum atomic E-state index is -4.37. The number of halogens is 3. The maximum atomic E-state index is 12.7. The standard InChI is InChI=1S/C22H19F3N2O2/c1-27-19-5-3-2-4-14(19)10-15(21(27)29)12-26-20(28)18-11-17(18)13-6-8-16(9-7-13)22(23,24)25/h2-10,17-18H,11-12H2,1H3,(H,26,28). The van der Waals surface area contributed by atoms with Gasteiger partial charge >= 0.3 is 6.18 Å². The Morgan fingerprint density at radius 1 is 1.14 bits per heavy atom. The lowest BCUT2D eigenvalue weighted by Crippen LogP contribution is -2.30. The topological polar surface area (TPSA) is 51.1 Å². The molecule has 0 saturated heterocycles. The zero-order valence-corrected chi connectivity index (χ0v) is 15.7. The van der Waals surface area contributed by atoms with Crippen LogP contribution in [0.4, 0.5) is 13.2 Å². The van der Waals surface area contributed by atoms with Gasteiger partial charge in [0.25, 0.3) is 5.56 Å². The summed E-state index contributed by atoms with van der Waals surface area (Å²) >= 11 is 0. The number of hydrogen-bond donors (Lipinski definition) is 1. The summed E-state index contributed by atoms with van der Waals surface area (Å²) < 4.78 is 39.6. The number of nitrogens with zero attached hydrogens (tertiary/aromatic N) is 1. The van der Waals surface area contributed by atoms with E-state index in [9.17, 15) is 22.8 Å². The van der Waals surface area contributed by atoms with Gasteiger partial charge in [-0.15, -0.1) is 0 Å². The number of aryl methyl sites for hydroxylation is 1. The minimum absolute atomic E-state index is 0.0864. The number of pyridine rings is 1. The Labute approximate surface area is 165 Å². The van der Waals surface area contributed by atoms with Gasteiger partial charge in [-0.3, -0.25) is 9.59 Å². The number of rotatable bonds is 4. The molecule has 1 aliphatic rings. The van der Waals surface area contributed by atoms with Crippen molar-refractivity contribution in [3.63, 3.8) is 0 Å². The Kier molecular flexibility index (Phi) is 4.68. The van der Waals surface area contributed by atoms with Crippen molar-refractivity contribution in [1.82, 2.24) is 9.88 Å². The highest BCUT2D eigenvalue weighted by Gasteiger charge is 2.44. The molecule has 2 unspecified atom stereocenters. The van der Waals surface area contributed by atoms with Gasteiger partial charge in [-0.1, -0.05) is 30.3 Å². The van der Waals surface area contributed by atoms with Crippen LogP contribution in [0.25, 0.3) is 10.9 Å². The predicted molar refractivity (Wildman–Crippen MR) is 103 cm³/mol. The average molecular weight is 400 g/mol. The van der Waals surface area contributed by atoms with Crippen molar-refractivity contribution >= 4 is 16.8 Å².